The van der Waals surface area contributed by atoms with Gasteiger partial charge in [-0.1, -0.05) is 19.9 Å². The van der Waals surface area contributed by atoms with Gasteiger partial charge in [0.1, 0.15) is 12.4 Å². The van der Waals surface area contributed by atoms with Crippen LogP contribution in [0.1, 0.15) is 50.4 Å². The molecule has 1 saturated heterocycles. The van der Waals surface area contributed by atoms with Crippen LogP contribution in [0.3, 0.4) is 0 Å². The zero-order chi connectivity index (χ0) is 23.4. The second-order valence-corrected chi connectivity index (χ2v) is 8.47. The third kappa shape index (κ3) is 5.50. The van der Waals surface area contributed by atoms with E-state index >= 15 is 0 Å². The zero-order valence-corrected chi connectivity index (χ0v) is 19.2. The molecule has 3 rings (SSSR count). The third-order valence-electron chi connectivity index (χ3n) is 5.10. The van der Waals surface area contributed by atoms with Crippen LogP contribution in [0.15, 0.2) is 18.2 Å². The van der Waals surface area contributed by atoms with E-state index in [0.717, 1.165) is 17.1 Å². The minimum absolute atomic E-state index is 0.0543. The average molecular weight is 469 g/mol. The third-order valence-corrected chi connectivity index (χ3v) is 5.91. The van der Waals surface area contributed by atoms with Crippen molar-refractivity contribution >= 4 is 28.5 Å². The van der Waals surface area contributed by atoms with Gasteiger partial charge in [0, 0.05) is 43.4 Å². The molecule has 1 atom stereocenters. The molecule has 1 fully saturated rings. The predicted molar refractivity (Wildman–Crippen MR) is 116 cm³/mol. The summed E-state index contributed by atoms with van der Waals surface area (Å²) in [4.78, 5) is 32.5. The van der Waals surface area contributed by atoms with Gasteiger partial charge in [-0.15, -0.1) is 0 Å². The number of likely N-dealkylation sites (N-methyl/N-ethyl adjacent to an activating group) is 1. The first kappa shape index (κ1) is 23.8. The number of anilines is 1. The molecule has 32 heavy (non-hydrogen) atoms. The number of likely N-dealkylation sites (tertiary alicyclic amines) is 1. The lowest BCUT2D eigenvalue weighted by atomic mass is 9.98. The van der Waals surface area contributed by atoms with Crippen molar-refractivity contribution in [3.8, 4) is 11.5 Å². The normalized spacial score (nSPS) is 16.2. The standard InChI is InChI=1S/C21H26F2N4O4S/c1-5-30-16-8-13(6-7-15(16)31-20(22)23)14-9-17(28)27(10-14)11-18(29)26(4)21-24-19(12(2)3)25-32-21/h6-8,12,14,20H,5,9-11H2,1-4H3/t14-/m1/s1. The van der Waals surface area contributed by atoms with Gasteiger partial charge < -0.3 is 14.4 Å². The molecule has 1 aliphatic rings. The Morgan fingerprint density at radius 2 is 2.09 bits per heavy atom. The zero-order valence-electron chi connectivity index (χ0n) is 18.4. The predicted octanol–water partition coefficient (Wildman–Crippen LogP) is 3.64. The molecule has 0 unspecified atom stereocenters. The van der Waals surface area contributed by atoms with Crippen molar-refractivity contribution < 1.29 is 27.8 Å². The van der Waals surface area contributed by atoms with Crippen molar-refractivity contribution in [1.29, 1.82) is 0 Å². The van der Waals surface area contributed by atoms with E-state index in [9.17, 15) is 18.4 Å². The molecule has 1 aromatic heterocycles. The Hall–Kier alpha value is -2.82. The maximum absolute atomic E-state index is 12.7. The van der Waals surface area contributed by atoms with E-state index in [1.165, 1.54) is 15.9 Å². The number of halogens is 2. The van der Waals surface area contributed by atoms with Gasteiger partial charge in [-0.05, 0) is 24.6 Å². The summed E-state index contributed by atoms with van der Waals surface area (Å²) in [6.45, 7) is 3.27. The lowest BCUT2D eigenvalue weighted by molar-refractivity contribution is -0.132. The van der Waals surface area contributed by atoms with E-state index < -0.39 is 6.61 Å². The monoisotopic (exact) mass is 468 g/mol. The number of ether oxygens (including phenoxy) is 2. The number of hydrogen-bond donors (Lipinski definition) is 0. The van der Waals surface area contributed by atoms with Crippen LogP contribution >= 0.6 is 11.5 Å². The molecular formula is C21H26F2N4O4S. The number of rotatable bonds is 9. The summed E-state index contributed by atoms with van der Waals surface area (Å²) in [5.74, 6) is 0.374. The van der Waals surface area contributed by atoms with Gasteiger partial charge >= 0.3 is 6.61 Å². The van der Waals surface area contributed by atoms with Crippen molar-refractivity contribution in [2.24, 2.45) is 0 Å². The molecule has 2 aromatic rings. The number of benzene rings is 1. The molecule has 0 spiro atoms. The van der Waals surface area contributed by atoms with Crippen molar-refractivity contribution in [2.75, 3.05) is 31.6 Å². The van der Waals surface area contributed by atoms with Crippen molar-refractivity contribution in [2.45, 2.75) is 45.6 Å². The second kappa shape index (κ2) is 10.2. The smallest absolute Gasteiger partial charge is 0.387 e. The van der Waals surface area contributed by atoms with Gasteiger partial charge in [0.2, 0.25) is 16.9 Å². The number of carbonyl (C=O) groups is 2. The van der Waals surface area contributed by atoms with Crippen molar-refractivity contribution in [3.63, 3.8) is 0 Å². The second-order valence-electron chi connectivity index (χ2n) is 7.74. The van der Waals surface area contributed by atoms with E-state index in [1.807, 2.05) is 13.8 Å². The summed E-state index contributed by atoms with van der Waals surface area (Å²) in [5, 5.41) is 0.484. The van der Waals surface area contributed by atoms with Crippen LogP contribution < -0.4 is 14.4 Å². The Kier molecular flexibility index (Phi) is 7.60. The van der Waals surface area contributed by atoms with E-state index in [-0.39, 0.29) is 54.7 Å². The fourth-order valence-electron chi connectivity index (χ4n) is 3.36. The minimum atomic E-state index is -2.96. The van der Waals surface area contributed by atoms with E-state index in [0.29, 0.717) is 17.5 Å². The Morgan fingerprint density at radius 3 is 2.72 bits per heavy atom. The molecule has 0 N–H and O–H groups in total. The molecule has 11 heteroatoms. The molecule has 2 amide bonds. The van der Waals surface area contributed by atoms with Crippen molar-refractivity contribution in [3.05, 3.63) is 29.6 Å². The Balaban J connectivity index is 1.67. The van der Waals surface area contributed by atoms with Crippen LogP contribution in [-0.2, 0) is 9.59 Å². The highest BCUT2D eigenvalue weighted by molar-refractivity contribution is 7.09. The number of nitrogens with zero attached hydrogens (tertiary/aromatic N) is 4. The number of amides is 2. The number of hydrogen-bond acceptors (Lipinski definition) is 7. The molecule has 1 aliphatic heterocycles. The van der Waals surface area contributed by atoms with E-state index in [1.54, 1.807) is 26.1 Å². The molecule has 0 aliphatic carbocycles. The Morgan fingerprint density at radius 1 is 1.34 bits per heavy atom. The number of alkyl halides is 2. The van der Waals surface area contributed by atoms with Crippen LogP contribution in [0.2, 0.25) is 0 Å². The molecule has 0 radical (unpaired) electrons. The van der Waals surface area contributed by atoms with Crippen LogP contribution in [-0.4, -0.2) is 59.4 Å². The van der Waals surface area contributed by atoms with Gasteiger partial charge in [0.15, 0.2) is 11.5 Å². The van der Waals surface area contributed by atoms with Gasteiger partial charge in [0.05, 0.1) is 6.61 Å². The first-order valence-corrected chi connectivity index (χ1v) is 11.1. The highest BCUT2D eigenvalue weighted by Crippen LogP contribution is 2.36. The topological polar surface area (TPSA) is 84.9 Å². The maximum Gasteiger partial charge on any atom is 0.387 e. The fraction of sp³-hybridized carbons (Fsp3) is 0.524. The quantitative estimate of drug-likeness (QED) is 0.559. The van der Waals surface area contributed by atoms with Gasteiger partial charge in [-0.3, -0.25) is 14.5 Å². The summed E-state index contributed by atoms with van der Waals surface area (Å²) >= 11 is 1.14. The highest BCUT2D eigenvalue weighted by atomic mass is 32.1. The summed E-state index contributed by atoms with van der Waals surface area (Å²) in [7, 11) is 1.61. The van der Waals surface area contributed by atoms with E-state index in [4.69, 9.17) is 4.74 Å². The van der Waals surface area contributed by atoms with Crippen LogP contribution in [0.4, 0.5) is 13.9 Å². The fourth-order valence-corrected chi connectivity index (χ4v) is 4.15. The molecule has 1 aromatic carbocycles. The van der Waals surface area contributed by atoms with Gasteiger partial charge in [0.25, 0.3) is 0 Å². The molecule has 0 bridgehead atoms. The molecule has 174 valence electrons. The lowest BCUT2D eigenvalue weighted by Crippen LogP contribution is -2.39. The summed E-state index contributed by atoms with van der Waals surface area (Å²) < 4.78 is 39.4. The van der Waals surface area contributed by atoms with E-state index in [2.05, 4.69) is 14.1 Å². The summed E-state index contributed by atoms with van der Waals surface area (Å²) in [6.07, 6.45) is 0.216. The SMILES string of the molecule is CCOc1cc([C@@H]2CC(=O)N(CC(=O)N(C)c3nc(C(C)C)ns3)C2)ccc1OC(F)F. The first-order valence-electron chi connectivity index (χ1n) is 10.3. The lowest BCUT2D eigenvalue weighted by Gasteiger charge is -2.20. The molecular weight excluding hydrogens is 442 g/mol. The van der Waals surface area contributed by atoms with Crippen molar-refractivity contribution in [1.82, 2.24) is 14.3 Å². The summed E-state index contributed by atoms with van der Waals surface area (Å²) in [6, 6.07) is 4.68. The minimum Gasteiger partial charge on any atom is -0.490 e. The van der Waals surface area contributed by atoms with Crippen LogP contribution in [0.5, 0.6) is 11.5 Å². The average Bonchev–Trinajstić information content (AvgIpc) is 3.36. The first-order chi connectivity index (χ1) is 15.2. The van der Waals surface area contributed by atoms with Crippen LogP contribution in [0.25, 0.3) is 0 Å². The summed E-state index contributed by atoms with van der Waals surface area (Å²) in [5.41, 5.74) is 0.761. The number of aromatic nitrogens is 2. The number of carbonyl (C=O) groups excluding carboxylic acids is 2. The molecule has 8 nitrogen and oxygen atoms in total. The Bertz CT molecular complexity index is 969. The van der Waals surface area contributed by atoms with Crippen LogP contribution in [0, 0.1) is 0 Å². The largest absolute Gasteiger partial charge is 0.490 e. The Labute approximate surface area is 189 Å². The molecule has 0 saturated carbocycles. The van der Waals surface area contributed by atoms with Gasteiger partial charge in [-0.2, -0.15) is 13.2 Å². The maximum atomic E-state index is 12.7. The highest BCUT2D eigenvalue weighted by Gasteiger charge is 2.33. The molecule has 2 heterocycles. The van der Waals surface area contributed by atoms with Gasteiger partial charge in [-0.25, -0.2) is 4.98 Å².